The molecule has 0 aliphatic heterocycles. The second-order valence-electron chi connectivity index (χ2n) is 5.57. The molecule has 0 saturated heterocycles. The number of nitrogens with zero attached hydrogens (tertiary/aromatic N) is 2. The largest absolute Gasteiger partial charge is 0.339 e. The number of aromatic nitrogens is 2. The first-order valence-electron chi connectivity index (χ1n) is 7.24. The van der Waals surface area contributed by atoms with Gasteiger partial charge in [0.25, 0.3) is 0 Å². The molecule has 1 saturated carbocycles. The molecule has 1 fully saturated rings. The van der Waals surface area contributed by atoms with Crippen LogP contribution in [-0.2, 0) is 0 Å². The van der Waals surface area contributed by atoms with Crippen LogP contribution < -0.4 is 5.32 Å². The lowest BCUT2D eigenvalue weighted by Gasteiger charge is -2.20. The van der Waals surface area contributed by atoms with Crippen LogP contribution in [-0.4, -0.2) is 22.7 Å². The van der Waals surface area contributed by atoms with Crippen molar-refractivity contribution in [3.63, 3.8) is 0 Å². The van der Waals surface area contributed by atoms with Crippen molar-refractivity contribution in [2.45, 2.75) is 64.8 Å². The summed E-state index contributed by atoms with van der Waals surface area (Å²) >= 11 is 0. The van der Waals surface area contributed by atoms with E-state index in [1.54, 1.807) is 0 Å². The fourth-order valence-electron chi connectivity index (χ4n) is 2.49. The summed E-state index contributed by atoms with van der Waals surface area (Å²) in [4.78, 5) is 4.61. The molecule has 1 aromatic rings. The highest BCUT2D eigenvalue weighted by atomic mass is 16.5. The van der Waals surface area contributed by atoms with E-state index < -0.39 is 0 Å². The van der Waals surface area contributed by atoms with Crippen LogP contribution in [0.4, 0.5) is 0 Å². The van der Waals surface area contributed by atoms with Crippen molar-refractivity contribution in [3.05, 3.63) is 11.7 Å². The minimum Gasteiger partial charge on any atom is -0.339 e. The minimum atomic E-state index is 0.326. The van der Waals surface area contributed by atoms with Crippen molar-refractivity contribution < 1.29 is 4.52 Å². The molecule has 4 atom stereocenters. The maximum absolute atomic E-state index is 5.47. The SMILES string of the molecule is CCCNC(C)C(CC)c1nc(C2CC2C)no1. The molecule has 1 aliphatic rings. The van der Waals surface area contributed by atoms with E-state index in [2.05, 4.69) is 43.2 Å². The molecule has 0 radical (unpaired) electrons. The Bertz CT molecular complexity index is 377. The van der Waals surface area contributed by atoms with Crippen LogP contribution in [0.5, 0.6) is 0 Å². The Morgan fingerprint density at radius 3 is 2.72 bits per heavy atom. The van der Waals surface area contributed by atoms with Gasteiger partial charge >= 0.3 is 0 Å². The maximum Gasteiger partial charge on any atom is 0.231 e. The molecule has 18 heavy (non-hydrogen) atoms. The lowest BCUT2D eigenvalue weighted by molar-refractivity contribution is 0.314. The fraction of sp³-hybridized carbons (Fsp3) is 0.857. The molecule has 0 amide bonds. The summed E-state index contributed by atoms with van der Waals surface area (Å²) in [5.41, 5.74) is 0. The van der Waals surface area contributed by atoms with Gasteiger partial charge in [-0.2, -0.15) is 4.98 Å². The molecule has 1 aromatic heterocycles. The van der Waals surface area contributed by atoms with E-state index in [1.807, 2.05) is 0 Å². The first-order valence-corrected chi connectivity index (χ1v) is 7.24. The Kier molecular flexibility index (Phi) is 4.38. The zero-order valence-corrected chi connectivity index (χ0v) is 11.9. The highest BCUT2D eigenvalue weighted by molar-refractivity contribution is 5.09. The van der Waals surface area contributed by atoms with Gasteiger partial charge in [-0.3, -0.25) is 0 Å². The third-order valence-electron chi connectivity index (χ3n) is 3.98. The summed E-state index contributed by atoms with van der Waals surface area (Å²) in [7, 11) is 0. The zero-order valence-electron chi connectivity index (χ0n) is 11.9. The molecule has 1 aliphatic carbocycles. The van der Waals surface area contributed by atoms with E-state index in [0.29, 0.717) is 17.9 Å². The second kappa shape index (κ2) is 5.83. The summed E-state index contributed by atoms with van der Waals surface area (Å²) in [6.07, 6.45) is 3.38. The van der Waals surface area contributed by atoms with E-state index >= 15 is 0 Å². The molecule has 4 heteroatoms. The van der Waals surface area contributed by atoms with Crippen LogP contribution in [0.2, 0.25) is 0 Å². The molecule has 102 valence electrons. The number of hydrogen-bond acceptors (Lipinski definition) is 4. The minimum absolute atomic E-state index is 0.326. The maximum atomic E-state index is 5.47. The van der Waals surface area contributed by atoms with E-state index in [0.717, 1.165) is 37.0 Å². The van der Waals surface area contributed by atoms with Crippen LogP contribution in [0.15, 0.2) is 4.52 Å². The Balaban J connectivity index is 2.00. The summed E-state index contributed by atoms with van der Waals surface area (Å²) < 4.78 is 5.47. The van der Waals surface area contributed by atoms with Crippen LogP contribution in [0, 0.1) is 5.92 Å². The standard InChI is InChI=1S/C14H25N3O/c1-5-7-15-10(4)11(6-2)14-16-13(17-18-14)12-8-9(12)3/h9-12,15H,5-8H2,1-4H3. The molecular formula is C14H25N3O. The monoisotopic (exact) mass is 251 g/mol. The summed E-state index contributed by atoms with van der Waals surface area (Å²) in [6, 6.07) is 0.389. The smallest absolute Gasteiger partial charge is 0.231 e. The van der Waals surface area contributed by atoms with Gasteiger partial charge in [-0.1, -0.05) is 25.9 Å². The number of nitrogens with one attached hydrogen (secondary N) is 1. The van der Waals surface area contributed by atoms with Crippen molar-refractivity contribution in [2.75, 3.05) is 6.54 Å². The number of rotatable bonds is 7. The van der Waals surface area contributed by atoms with E-state index in [9.17, 15) is 0 Å². The molecular weight excluding hydrogens is 226 g/mol. The van der Waals surface area contributed by atoms with Gasteiger partial charge in [0.15, 0.2) is 5.82 Å². The van der Waals surface area contributed by atoms with Gasteiger partial charge in [-0.15, -0.1) is 0 Å². The molecule has 4 unspecified atom stereocenters. The first kappa shape index (κ1) is 13.5. The zero-order chi connectivity index (χ0) is 13.1. The third kappa shape index (κ3) is 2.91. The second-order valence-corrected chi connectivity index (χ2v) is 5.57. The van der Waals surface area contributed by atoms with Crippen molar-refractivity contribution in [2.24, 2.45) is 5.92 Å². The predicted molar refractivity (Wildman–Crippen MR) is 71.6 cm³/mol. The summed E-state index contributed by atoms with van der Waals surface area (Å²) in [5.74, 6) is 3.32. The van der Waals surface area contributed by atoms with Gasteiger partial charge in [0.05, 0.1) is 5.92 Å². The fourth-order valence-corrected chi connectivity index (χ4v) is 2.49. The van der Waals surface area contributed by atoms with E-state index in [4.69, 9.17) is 4.52 Å². The lowest BCUT2D eigenvalue weighted by Crippen LogP contribution is -2.32. The quantitative estimate of drug-likeness (QED) is 0.809. The van der Waals surface area contributed by atoms with Gasteiger partial charge in [0, 0.05) is 12.0 Å². The van der Waals surface area contributed by atoms with Gasteiger partial charge in [0.1, 0.15) is 0 Å². The molecule has 4 nitrogen and oxygen atoms in total. The highest BCUT2D eigenvalue weighted by Crippen LogP contribution is 2.45. The molecule has 2 rings (SSSR count). The Morgan fingerprint density at radius 1 is 1.44 bits per heavy atom. The molecule has 1 N–H and O–H groups in total. The molecule has 0 bridgehead atoms. The summed E-state index contributed by atoms with van der Waals surface area (Å²) in [5, 5.41) is 7.66. The predicted octanol–water partition coefficient (Wildman–Crippen LogP) is 3.07. The average molecular weight is 251 g/mol. The average Bonchev–Trinajstić information content (AvgIpc) is 2.90. The summed E-state index contributed by atoms with van der Waals surface area (Å²) in [6.45, 7) is 9.84. The van der Waals surface area contributed by atoms with Crippen molar-refractivity contribution in [1.82, 2.24) is 15.5 Å². The van der Waals surface area contributed by atoms with Crippen LogP contribution in [0.3, 0.4) is 0 Å². The van der Waals surface area contributed by atoms with Crippen molar-refractivity contribution >= 4 is 0 Å². The highest BCUT2D eigenvalue weighted by Gasteiger charge is 2.38. The molecule has 0 spiro atoms. The van der Waals surface area contributed by atoms with Gasteiger partial charge < -0.3 is 9.84 Å². The van der Waals surface area contributed by atoms with Crippen molar-refractivity contribution in [3.8, 4) is 0 Å². The third-order valence-corrected chi connectivity index (χ3v) is 3.98. The number of hydrogen-bond donors (Lipinski definition) is 1. The van der Waals surface area contributed by atoms with E-state index in [-0.39, 0.29) is 0 Å². The topological polar surface area (TPSA) is 51.0 Å². The Morgan fingerprint density at radius 2 is 2.17 bits per heavy atom. The van der Waals surface area contributed by atoms with Crippen LogP contribution >= 0.6 is 0 Å². The lowest BCUT2D eigenvalue weighted by atomic mass is 9.98. The van der Waals surface area contributed by atoms with Crippen LogP contribution in [0.1, 0.15) is 70.5 Å². The normalized spacial score (nSPS) is 26.0. The van der Waals surface area contributed by atoms with Crippen LogP contribution in [0.25, 0.3) is 0 Å². The Hall–Kier alpha value is -0.900. The molecule has 0 aromatic carbocycles. The van der Waals surface area contributed by atoms with Crippen molar-refractivity contribution in [1.29, 1.82) is 0 Å². The van der Waals surface area contributed by atoms with E-state index in [1.165, 1.54) is 6.42 Å². The Labute approximate surface area is 110 Å². The molecule has 1 heterocycles. The van der Waals surface area contributed by atoms with Gasteiger partial charge in [-0.25, -0.2) is 0 Å². The van der Waals surface area contributed by atoms with Gasteiger partial charge in [-0.05, 0) is 38.6 Å². The van der Waals surface area contributed by atoms with Gasteiger partial charge in [0.2, 0.25) is 5.89 Å². The first-order chi connectivity index (χ1) is 8.67.